The largest absolute Gasteiger partial charge is 0.464 e. The zero-order valence-electron chi connectivity index (χ0n) is 17.0. The van der Waals surface area contributed by atoms with Crippen LogP contribution in [0.15, 0.2) is 0 Å². The number of fused-ring (bicyclic) bond motifs is 1. The van der Waals surface area contributed by atoms with E-state index in [-0.39, 0.29) is 0 Å². The Hall–Kier alpha value is -1.08. The lowest BCUT2D eigenvalue weighted by Gasteiger charge is -2.30. The molecule has 0 N–H and O–H groups in total. The molecule has 0 saturated heterocycles. The molecule has 28 heavy (non-hydrogen) atoms. The molecule has 0 aromatic carbocycles. The van der Waals surface area contributed by atoms with Gasteiger partial charge in [0.15, 0.2) is 6.61 Å². The van der Waals surface area contributed by atoms with E-state index < -0.39 is 12.5 Å². The Balaban J connectivity index is 1.39. The SMILES string of the molecule is CC(=O)CC1CCC(CCN2CCc3nc(OCC(C)(F)F)sc3CC2)CC1. The van der Waals surface area contributed by atoms with E-state index in [0.717, 1.165) is 57.4 Å². The number of ether oxygens (including phenoxy) is 1. The van der Waals surface area contributed by atoms with Crippen molar-refractivity contribution in [2.45, 2.75) is 71.1 Å². The van der Waals surface area contributed by atoms with Gasteiger partial charge in [0.1, 0.15) is 5.78 Å². The molecule has 7 heteroatoms. The minimum Gasteiger partial charge on any atom is -0.464 e. The van der Waals surface area contributed by atoms with Gasteiger partial charge in [0.25, 0.3) is 11.1 Å². The van der Waals surface area contributed by atoms with Crippen LogP contribution in [0.5, 0.6) is 5.19 Å². The van der Waals surface area contributed by atoms with E-state index in [4.69, 9.17) is 4.74 Å². The van der Waals surface area contributed by atoms with Crippen molar-refractivity contribution < 1.29 is 18.3 Å². The molecular weight excluding hydrogens is 382 g/mol. The van der Waals surface area contributed by atoms with E-state index in [1.165, 1.54) is 48.3 Å². The van der Waals surface area contributed by atoms with Gasteiger partial charge in [-0.15, -0.1) is 0 Å². The molecule has 1 saturated carbocycles. The fourth-order valence-corrected chi connectivity index (χ4v) is 5.30. The Morgan fingerprint density at radius 2 is 1.89 bits per heavy atom. The summed E-state index contributed by atoms with van der Waals surface area (Å²) in [6.45, 7) is 5.03. The van der Waals surface area contributed by atoms with Gasteiger partial charge < -0.3 is 14.4 Å². The summed E-state index contributed by atoms with van der Waals surface area (Å²) < 4.78 is 31.1. The quantitative estimate of drug-likeness (QED) is 0.615. The van der Waals surface area contributed by atoms with Crippen LogP contribution in [0, 0.1) is 11.8 Å². The molecule has 0 amide bonds. The number of hydrogen-bond acceptors (Lipinski definition) is 5. The molecule has 0 atom stereocenters. The molecule has 1 fully saturated rings. The normalized spacial score (nSPS) is 23.9. The molecule has 2 aliphatic rings. The van der Waals surface area contributed by atoms with Crippen molar-refractivity contribution >= 4 is 17.1 Å². The number of carbonyl (C=O) groups is 1. The monoisotopic (exact) mass is 414 g/mol. The minimum absolute atomic E-state index is 0.325. The second-order valence-corrected chi connectivity index (χ2v) is 9.68. The predicted molar refractivity (Wildman–Crippen MR) is 107 cm³/mol. The molecule has 1 aromatic heterocycles. The van der Waals surface area contributed by atoms with Crippen LogP contribution >= 0.6 is 11.3 Å². The highest BCUT2D eigenvalue weighted by atomic mass is 32.1. The topological polar surface area (TPSA) is 42.4 Å². The summed E-state index contributed by atoms with van der Waals surface area (Å²) in [6.07, 6.45) is 8.68. The van der Waals surface area contributed by atoms with Gasteiger partial charge in [-0.2, -0.15) is 0 Å². The molecule has 1 aromatic rings. The Morgan fingerprint density at radius 3 is 2.57 bits per heavy atom. The van der Waals surface area contributed by atoms with Gasteiger partial charge in [-0.25, -0.2) is 13.8 Å². The first-order chi connectivity index (χ1) is 13.3. The first kappa shape index (κ1) is 21.6. The summed E-state index contributed by atoms with van der Waals surface area (Å²) in [4.78, 5) is 19.4. The van der Waals surface area contributed by atoms with Crippen molar-refractivity contribution in [1.82, 2.24) is 9.88 Å². The van der Waals surface area contributed by atoms with E-state index in [9.17, 15) is 13.6 Å². The third kappa shape index (κ3) is 6.76. The molecule has 4 nitrogen and oxygen atoms in total. The van der Waals surface area contributed by atoms with Gasteiger partial charge in [0.05, 0.1) is 5.69 Å². The Kier molecular flexibility index (Phi) is 7.42. The maximum Gasteiger partial charge on any atom is 0.278 e. The Labute approximate surface area is 170 Å². The number of ketones is 1. The van der Waals surface area contributed by atoms with Crippen molar-refractivity contribution in [1.29, 1.82) is 0 Å². The number of halogens is 2. The average Bonchev–Trinajstić information content (AvgIpc) is 2.92. The maximum atomic E-state index is 13.0. The second-order valence-electron chi connectivity index (χ2n) is 8.63. The Morgan fingerprint density at radius 1 is 1.21 bits per heavy atom. The third-order valence-corrected chi connectivity index (χ3v) is 6.99. The van der Waals surface area contributed by atoms with Crippen LogP contribution in [0.1, 0.15) is 62.9 Å². The molecule has 0 spiro atoms. The third-order valence-electron chi connectivity index (χ3n) is 5.92. The van der Waals surface area contributed by atoms with Gasteiger partial charge in [0, 0.05) is 37.7 Å². The number of alkyl halides is 2. The second kappa shape index (κ2) is 9.61. The lowest BCUT2D eigenvalue weighted by Crippen LogP contribution is -2.29. The first-order valence-electron chi connectivity index (χ1n) is 10.5. The van der Waals surface area contributed by atoms with Crippen molar-refractivity contribution in [2.75, 3.05) is 26.2 Å². The van der Waals surface area contributed by atoms with Crippen LogP contribution in [0.2, 0.25) is 0 Å². The van der Waals surface area contributed by atoms with Gasteiger partial charge in [-0.05, 0) is 51.0 Å². The molecule has 2 heterocycles. The number of Topliss-reactive ketones (excluding diaryl/α,β-unsaturated/α-hetero) is 1. The summed E-state index contributed by atoms with van der Waals surface area (Å²) in [5.41, 5.74) is 1.02. The zero-order chi connectivity index (χ0) is 20.1. The first-order valence-corrected chi connectivity index (χ1v) is 11.3. The minimum atomic E-state index is -2.83. The Bertz CT molecular complexity index is 626. The van der Waals surface area contributed by atoms with Crippen molar-refractivity contribution in [2.24, 2.45) is 11.8 Å². The lowest BCUT2D eigenvalue weighted by atomic mass is 9.78. The highest BCUT2D eigenvalue weighted by Gasteiger charge is 2.26. The number of carbonyl (C=O) groups excluding carboxylic acids is 1. The van der Waals surface area contributed by atoms with Gasteiger partial charge >= 0.3 is 0 Å². The van der Waals surface area contributed by atoms with E-state index in [1.54, 1.807) is 6.92 Å². The summed E-state index contributed by atoms with van der Waals surface area (Å²) in [5.74, 6) is -1.11. The van der Waals surface area contributed by atoms with E-state index in [2.05, 4.69) is 9.88 Å². The molecule has 0 unspecified atom stereocenters. The summed E-state index contributed by atoms with van der Waals surface area (Å²) in [5, 5.41) is 0.377. The number of rotatable bonds is 8. The lowest BCUT2D eigenvalue weighted by molar-refractivity contribution is -0.118. The molecule has 3 rings (SSSR count). The van der Waals surface area contributed by atoms with Crippen LogP contribution in [0.3, 0.4) is 0 Å². The van der Waals surface area contributed by atoms with Crippen molar-refractivity contribution in [3.8, 4) is 5.19 Å². The fraction of sp³-hybridized carbons (Fsp3) is 0.810. The summed E-state index contributed by atoms with van der Waals surface area (Å²) >= 11 is 1.42. The average molecular weight is 415 g/mol. The van der Waals surface area contributed by atoms with Crippen LogP contribution in [-0.4, -0.2) is 47.8 Å². The van der Waals surface area contributed by atoms with Gasteiger partial charge in [-0.3, -0.25) is 0 Å². The zero-order valence-corrected chi connectivity index (χ0v) is 17.8. The standard InChI is InChI=1S/C21H32F2N2O2S/c1-15(26)13-17-5-3-16(4-6-17)7-10-25-11-8-18-19(9-12-25)28-20(24-18)27-14-21(2,22)23/h16-17H,3-14H2,1-2H3. The maximum absolute atomic E-state index is 13.0. The number of nitrogens with zero attached hydrogens (tertiary/aromatic N) is 2. The number of thiazole rings is 1. The number of hydrogen-bond donors (Lipinski definition) is 0. The smallest absolute Gasteiger partial charge is 0.278 e. The molecule has 0 bridgehead atoms. The van der Waals surface area contributed by atoms with Crippen molar-refractivity contribution in [3.05, 3.63) is 10.6 Å². The van der Waals surface area contributed by atoms with Crippen LogP contribution in [0.4, 0.5) is 8.78 Å². The molecular formula is C21H32F2N2O2S. The molecule has 0 radical (unpaired) electrons. The van der Waals surface area contributed by atoms with Crippen LogP contribution in [0.25, 0.3) is 0 Å². The predicted octanol–water partition coefficient (Wildman–Crippen LogP) is 4.75. The highest BCUT2D eigenvalue weighted by molar-refractivity contribution is 7.13. The van der Waals surface area contributed by atoms with E-state index >= 15 is 0 Å². The van der Waals surface area contributed by atoms with Crippen LogP contribution in [-0.2, 0) is 17.6 Å². The van der Waals surface area contributed by atoms with Gasteiger partial charge in [-0.1, -0.05) is 24.2 Å². The summed E-state index contributed by atoms with van der Waals surface area (Å²) in [6, 6.07) is 0. The highest BCUT2D eigenvalue weighted by Crippen LogP contribution is 2.33. The molecule has 1 aliphatic carbocycles. The van der Waals surface area contributed by atoms with E-state index in [0.29, 0.717) is 16.9 Å². The fourth-order valence-electron chi connectivity index (χ4n) is 4.36. The molecule has 158 valence electrons. The van der Waals surface area contributed by atoms with E-state index in [1.807, 2.05) is 0 Å². The van der Waals surface area contributed by atoms with Crippen LogP contribution < -0.4 is 4.74 Å². The molecule has 1 aliphatic heterocycles. The van der Waals surface area contributed by atoms with Crippen molar-refractivity contribution in [3.63, 3.8) is 0 Å². The number of aromatic nitrogens is 1. The van der Waals surface area contributed by atoms with Gasteiger partial charge in [0.2, 0.25) is 0 Å². The summed E-state index contributed by atoms with van der Waals surface area (Å²) in [7, 11) is 0.